The summed E-state index contributed by atoms with van der Waals surface area (Å²) >= 11 is 1.38. The van der Waals surface area contributed by atoms with Crippen molar-refractivity contribution in [1.29, 1.82) is 0 Å². The van der Waals surface area contributed by atoms with Crippen molar-refractivity contribution in [3.05, 3.63) is 105 Å². The number of hydrogen-bond acceptors (Lipinski definition) is 6. The van der Waals surface area contributed by atoms with Crippen LogP contribution in [0.15, 0.2) is 70.7 Å². The second-order valence-corrected chi connectivity index (χ2v) is 10.6. The standard InChI is InChI=1S/C29H26FN3O4S/c30-21-8-5-20(6-9-21)27-23-14-22(10-7-19(23)11-12-33(27)29(35)25-2-1-13-36-25)37-16-26-32-24(17-38-26)28(34)31-15-18-3-4-18/h1-2,5-10,13-14,17-18,27H,3-4,11-12,15-16H2,(H,31,34). The maximum absolute atomic E-state index is 13.7. The Labute approximate surface area is 223 Å². The van der Waals surface area contributed by atoms with E-state index < -0.39 is 6.04 Å². The molecular formula is C29H26FN3O4S. The van der Waals surface area contributed by atoms with Crippen LogP contribution in [0.25, 0.3) is 0 Å². The third-order valence-electron chi connectivity index (χ3n) is 6.92. The molecular weight excluding hydrogens is 505 g/mol. The molecule has 0 saturated heterocycles. The Balaban J connectivity index is 1.23. The van der Waals surface area contributed by atoms with E-state index in [4.69, 9.17) is 9.15 Å². The number of fused-ring (bicyclic) bond motifs is 1. The number of nitrogens with zero attached hydrogens (tertiary/aromatic N) is 2. The monoisotopic (exact) mass is 531 g/mol. The van der Waals surface area contributed by atoms with Crippen LogP contribution in [-0.4, -0.2) is 34.8 Å². The molecule has 0 bridgehead atoms. The summed E-state index contributed by atoms with van der Waals surface area (Å²) < 4.78 is 25.2. The van der Waals surface area contributed by atoms with Crippen LogP contribution in [-0.2, 0) is 13.0 Å². The van der Waals surface area contributed by atoms with Crippen LogP contribution in [0.2, 0.25) is 0 Å². The van der Waals surface area contributed by atoms with Crippen molar-refractivity contribution in [3.8, 4) is 5.75 Å². The molecule has 9 heteroatoms. The summed E-state index contributed by atoms with van der Waals surface area (Å²) in [4.78, 5) is 31.9. The molecule has 1 N–H and O–H groups in total. The molecule has 2 aliphatic rings. The summed E-state index contributed by atoms with van der Waals surface area (Å²) in [5.41, 5.74) is 3.22. The Kier molecular flexibility index (Phi) is 6.68. The molecule has 1 fully saturated rings. The van der Waals surface area contributed by atoms with E-state index in [1.54, 1.807) is 34.5 Å². The number of furan rings is 1. The topological polar surface area (TPSA) is 84.7 Å². The molecule has 1 unspecified atom stereocenters. The van der Waals surface area contributed by atoms with Gasteiger partial charge in [-0.15, -0.1) is 11.3 Å². The van der Waals surface area contributed by atoms with Crippen molar-refractivity contribution in [2.24, 2.45) is 5.92 Å². The third kappa shape index (κ3) is 5.19. The molecule has 0 radical (unpaired) electrons. The van der Waals surface area contributed by atoms with Gasteiger partial charge in [0, 0.05) is 18.5 Å². The molecule has 194 valence electrons. The zero-order chi connectivity index (χ0) is 26.1. The van der Waals surface area contributed by atoms with Crippen LogP contribution in [0.3, 0.4) is 0 Å². The van der Waals surface area contributed by atoms with Gasteiger partial charge in [-0.05, 0) is 78.3 Å². The van der Waals surface area contributed by atoms with Gasteiger partial charge < -0.3 is 19.4 Å². The molecule has 1 atom stereocenters. The zero-order valence-corrected chi connectivity index (χ0v) is 21.4. The summed E-state index contributed by atoms with van der Waals surface area (Å²) in [5, 5.41) is 5.38. The average Bonchev–Trinajstić information content (AvgIpc) is 3.38. The van der Waals surface area contributed by atoms with Gasteiger partial charge in [-0.2, -0.15) is 0 Å². The fraction of sp³-hybridized carbons (Fsp3) is 0.276. The smallest absolute Gasteiger partial charge is 0.290 e. The van der Waals surface area contributed by atoms with Crippen LogP contribution in [0.5, 0.6) is 5.75 Å². The normalized spacial score (nSPS) is 16.7. The fourth-order valence-corrected chi connectivity index (χ4v) is 5.41. The molecule has 2 aromatic heterocycles. The molecule has 4 aromatic rings. The quantitative estimate of drug-likeness (QED) is 0.330. The lowest BCUT2D eigenvalue weighted by Gasteiger charge is -2.37. The Morgan fingerprint density at radius 1 is 1.16 bits per heavy atom. The first-order chi connectivity index (χ1) is 18.5. The second kappa shape index (κ2) is 10.4. The number of hydrogen-bond donors (Lipinski definition) is 1. The predicted octanol–water partition coefficient (Wildman–Crippen LogP) is 5.38. The first kappa shape index (κ1) is 24.4. The minimum Gasteiger partial charge on any atom is -0.486 e. The summed E-state index contributed by atoms with van der Waals surface area (Å²) in [6.45, 7) is 1.42. The van der Waals surface area contributed by atoms with Crippen LogP contribution in [0, 0.1) is 11.7 Å². The summed E-state index contributed by atoms with van der Waals surface area (Å²) in [7, 11) is 0. The summed E-state index contributed by atoms with van der Waals surface area (Å²) in [5.74, 6) is 0.767. The van der Waals surface area contributed by atoms with Crippen molar-refractivity contribution in [3.63, 3.8) is 0 Å². The van der Waals surface area contributed by atoms with Crippen molar-refractivity contribution in [2.75, 3.05) is 13.1 Å². The van der Waals surface area contributed by atoms with Gasteiger partial charge in [0.25, 0.3) is 11.8 Å². The Morgan fingerprint density at radius 2 is 2.00 bits per heavy atom. The Hall–Kier alpha value is -3.98. The lowest BCUT2D eigenvalue weighted by atomic mass is 9.87. The summed E-state index contributed by atoms with van der Waals surface area (Å²) in [6, 6.07) is 15.0. The average molecular weight is 532 g/mol. The molecule has 2 amide bonds. The Morgan fingerprint density at radius 3 is 2.76 bits per heavy atom. The van der Waals surface area contributed by atoms with Crippen molar-refractivity contribution in [1.82, 2.24) is 15.2 Å². The van der Waals surface area contributed by atoms with Gasteiger partial charge in [0.15, 0.2) is 5.76 Å². The van der Waals surface area contributed by atoms with Crippen LogP contribution >= 0.6 is 11.3 Å². The minimum atomic E-state index is -0.429. The number of halogens is 1. The molecule has 7 nitrogen and oxygen atoms in total. The van der Waals surface area contributed by atoms with Gasteiger partial charge >= 0.3 is 0 Å². The van der Waals surface area contributed by atoms with Crippen LogP contribution in [0.1, 0.15) is 61.6 Å². The highest BCUT2D eigenvalue weighted by molar-refractivity contribution is 7.09. The molecule has 1 saturated carbocycles. The number of amides is 2. The number of thiazole rings is 1. The van der Waals surface area contributed by atoms with E-state index in [-0.39, 0.29) is 30.0 Å². The molecule has 3 heterocycles. The maximum Gasteiger partial charge on any atom is 0.290 e. The number of benzene rings is 2. The number of ether oxygens (including phenoxy) is 1. The van der Waals surface area contributed by atoms with Gasteiger partial charge in [0.05, 0.1) is 12.3 Å². The van der Waals surface area contributed by atoms with E-state index in [9.17, 15) is 14.0 Å². The minimum absolute atomic E-state index is 0.156. The highest BCUT2D eigenvalue weighted by Crippen LogP contribution is 2.38. The van der Waals surface area contributed by atoms with Crippen molar-refractivity contribution in [2.45, 2.75) is 31.9 Å². The number of carbonyl (C=O) groups is 2. The van der Waals surface area contributed by atoms with E-state index in [0.29, 0.717) is 41.9 Å². The molecule has 6 rings (SSSR count). The predicted molar refractivity (Wildman–Crippen MR) is 140 cm³/mol. The molecule has 2 aromatic carbocycles. The van der Waals surface area contributed by atoms with Crippen molar-refractivity contribution < 1.29 is 23.1 Å². The van der Waals surface area contributed by atoms with Gasteiger partial charge in [-0.3, -0.25) is 9.59 Å². The maximum atomic E-state index is 13.7. The highest BCUT2D eigenvalue weighted by atomic mass is 32.1. The van der Waals surface area contributed by atoms with Gasteiger partial charge in [0.2, 0.25) is 0 Å². The largest absolute Gasteiger partial charge is 0.486 e. The van der Waals surface area contributed by atoms with Crippen LogP contribution in [0.4, 0.5) is 4.39 Å². The molecule has 38 heavy (non-hydrogen) atoms. The SMILES string of the molecule is O=C(NCC1CC1)c1csc(COc2ccc3c(c2)C(c2ccc(F)cc2)N(C(=O)c2ccco2)CC3)n1. The van der Waals surface area contributed by atoms with E-state index >= 15 is 0 Å². The fourth-order valence-electron chi connectivity index (χ4n) is 4.72. The van der Waals surface area contributed by atoms with Gasteiger partial charge in [-0.25, -0.2) is 9.37 Å². The highest BCUT2D eigenvalue weighted by Gasteiger charge is 2.34. The molecule has 0 spiro atoms. The number of carbonyl (C=O) groups excluding carboxylic acids is 2. The lowest BCUT2D eigenvalue weighted by Crippen LogP contribution is -2.40. The van der Waals surface area contributed by atoms with Crippen LogP contribution < -0.4 is 10.1 Å². The number of nitrogens with one attached hydrogen (secondary N) is 1. The van der Waals surface area contributed by atoms with Gasteiger partial charge in [-0.1, -0.05) is 18.2 Å². The van der Waals surface area contributed by atoms with E-state index in [1.807, 2.05) is 18.2 Å². The molecule has 1 aliphatic heterocycles. The Bertz CT molecular complexity index is 1450. The van der Waals surface area contributed by atoms with E-state index in [1.165, 1.54) is 42.6 Å². The van der Waals surface area contributed by atoms with Crippen molar-refractivity contribution >= 4 is 23.2 Å². The lowest BCUT2D eigenvalue weighted by molar-refractivity contribution is 0.0661. The van der Waals surface area contributed by atoms with E-state index in [2.05, 4.69) is 10.3 Å². The van der Waals surface area contributed by atoms with Gasteiger partial charge in [0.1, 0.15) is 28.9 Å². The number of rotatable bonds is 8. The molecule has 1 aliphatic carbocycles. The van der Waals surface area contributed by atoms with E-state index in [0.717, 1.165) is 16.7 Å². The zero-order valence-electron chi connectivity index (χ0n) is 20.6. The third-order valence-corrected chi connectivity index (χ3v) is 7.74. The second-order valence-electron chi connectivity index (χ2n) is 9.61. The first-order valence-electron chi connectivity index (χ1n) is 12.6. The summed E-state index contributed by atoms with van der Waals surface area (Å²) in [6.07, 6.45) is 4.50. The first-order valence-corrected chi connectivity index (χ1v) is 13.5. The number of aromatic nitrogens is 1.